The fraction of sp³-hybridized carbons (Fsp3) is 0. The molecule has 0 fully saturated rings. The lowest BCUT2D eigenvalue weighted by atomic mass is 10.2. The van der Waals surface area contributed by atoms with Gasteiger partial charge in [-0.05, 0) is 35.9 Å². The van der Waals surface area contributed by atoms with Crippen LogP contribution in [0.5, 0.6) is 0 Å². The van der Waals surface area contributed by atoms with Crippen LogP contribution in [-0.4, -0.2) is 13.9 Å². The molecule has 4 aromatic rings. The van der Waals surface area contributed by atoms with Gasteiger partial charge in [-0.25, -0.2) is 14.2 Å². The highest BCUT2D eigenvalue weighted by atomic mass is 32.2. The van der Waals surface area contributed by atoms with E-state index in [0.29, 0.717) is 15.8 Å². The van der Waals surface area contributed by atoms with Crippen molar-refractivity contribution in [2.24, 2.45) is 0 Å². The molecule has 0 saturated heterocycles. The summed E-state index contributed by atoms with van der Waals surface area (Å²) in [5.41, 5.74) is 0.984. The average Bonchev–Trinajstić information content (AvgIpc) is 2.78. The molecule has 0 aliphatic carbocycles. The summed E-state index contributed by atoms with van der Waals surface area (Å²) in [5.74, 6) is 0.211. The van der Waals surface area contributed by atoms with E-state index in [4.69, 9.17) is 9.32 Å². The van der Waals surface area contributed by atoms with Gasteiger partial charge < -0.3 is 0 Å². The Bertz CT molecular complexity index is 1240. The highest BCUT2D eigenvalue weighted by Crippen LogP contribution is 2.12. The molecular formula is C22H16N2O4S. The largest absolute Gasteiger partial charge is 0.297 e. The van der Waals surface area contributed by atoms with Gasteiger partial charge in [0.1, 0.15) is 0 Å². The molecule has 29 heavy (non-hydrogen) atoms. The molecule has 0 radical (unpaired) electrons. The van der Waals surface area contributed by atoms with E-state index in [2.05, 4.69) is 4.98 Å². The van der Waals surface area contributed by atoms with Crippen molar-refractivity contribution in [2.45, 2.75) is 4.90 Å². The minimum Gasteiger partial charge on any atom is -0.265 e. The van der Waals surface area contributed by atoms with Gasteiger partial charge in [-0.2, -0.15) is 0 Å². The molecule has 1 unspecified atom stereocenters. The Morgan fingerprint density at radius 1 is 0.828 bits per heavy atom. The molecule has 6 nitrogen and oxygen atoms in total. The first-order valence-corrected chi connectivity index (χ1v) is 9.87. The normalized spacial score (nSPS) is 12.3. The summed E-state index contributed by atoms with van der Waals surface area (Å²) < 4.78 is 18.2. The second-order valence-corrected chi connectivity index (χ2v) is 7.10. The lowest BCUT2D eigenvalue weighted by molar-refractivity contribution is -0.203. The standard InChI is InChI=1S/C22H16N2O4S/c25-22-19-13-7-8-14-20(19)23-21(16-15-17-9-3-1-4-10-17)24(22)27-28-29(26)18-11-5-2-6-12-18/h1-16H. The van der Waals surface area contributed by atoms with Crippen LogP contribution in [0.25, 0.3) is 23.1 Å². The lowest BCUT2D eigenvalue weighted by Gasteiger charge is -2.09. The third kappa shape index (κ3) is 4.31. The summed E-state index contributed by atoms with van der Waals surface area (Å²) in [7, 11) is 0. The summed E-state index contributed by atoms with van der Waals surface area (Å²) in [6.07, 6.45) is 3.43. The van der Waals surface area contributed by atoms with Gasteiger partial charge in [0, 0.05) is 0 Å². The van der Waals surface area contributed by atoms with E-state index in [1.165, 1.54) is 0 Å². The smallest absolute Gasteiger partial charge is 0.265 e. The van der Waals surface area contributed by atoms with Crippen LogP contribution in [0.2, 0.25) is 0 Å². The number of nitrogens with zero attached hydrogens (tertiary/aromatic N) is 2. The monoisotopic (exact) mass is 404 g/mol. The van der Waals surface area contributed by atoms with Crippen molar-refractivity contribution in [3.05, 3.63) is 107 Å². The number of aromatic nitrogens is 2. The molecule has 3 aromatic carbocycles. The van der Waals surface area contributed by atoms with Crippen molar-refractivity contribution in [1.82, 2.24) is 9.71 Å². The number of fused-ring (bicyclic) bond motifs is 1. The molecule has 0 N–H and O–H groups in total. The number of rotatable bonds is 6. The van der Waals surface area contributed by atoms with E-state index in [9.17, 15) is 9.00 Å². The molecule has 7 heteroatoms. The molecular weight excluding hydrogens is 388 g/mol. The average molecular weight is 404 g/mol. The minimum atomic E-state index is -1.91. The molecule has 0 bridgehead atoms. The molecule has 0 spiro atoms. The van der Waals surface area contributed by atoms with Crippen LogP contribution in [0.3, 0.4) is 0 Å². The predicted molar refractivity (Wildman–Crippen MR) is 112 cm³/mol. The van der Waals surface area contributed by atoms with Gasteiger partial charge in [-0.1, -0.05) is 75.8 Å². The van der Waals surface area contributed by atoms with E-state index in [1.807, 2.05) is 30.3 Å². The Hall–Kier alpha value is -3.55. The first-order chi connectivity index (χ1) is 14.2. The Morgan fingerprint density at radius 3 is 2.24 bits per heavy atom. The lowest BCUT2D eigenvalue weighted by Crippen LogP contribution is -2.30. The van der Waals surface area contributed by atoms with E-state index < -0.39 is 16.6 Å². The van der Waals surface area contributed by atoms with Crippen LogP contribution in [0, 0.1) is 0 Å². The van der Waals surface area contributed by atoms with Gasteiger partial charge in [0.15, 0.2) is 5.82 Å². The van der Waals surface area contributed by atoms with Gasteiger partial charge in [-0.3, -0.25) is 4.79 Å². The summed E-state index contributed by atoms with van der Waals surface area (Å²) >= 11 is -1.91. The SMILES string of the molecule is O=c1c2ccccc2nc(C=Cc2ccccc2)n1OOS(=O)c1ccccc1. The first kappa shape index (κ1) is 18.8. The number of hydrogen-bond acceptors (Lipinski definition) is 5. The van der Waals surface area contributed by atoms with Gasteiger partial charge in [-0.15, -0.1) is 0 Å². The van der Waals surface area contributed by atoms with Crippen molar-refractivity contribution in [2.75, 3.05) is 0 Å². The molecule has 0 saturated carbocycles. The quantitative estimate of drug-likeness (QED) is 0.362. The molecule has 0 aliphatic heterocycles. The van der Waals surface area contributed by atoms with Crippen LogP contribution >= 0.6 is 0 Å². The van der Waals surface area contributed by atoms with E-state index in [1.54, 1.807) is 66.7 Å². The maximum absolute atomic E-state index is 12.9. The molecule has 1 heterocycles. The Labute approximate surface area is 169 Å². The fourth-order valence-electron chi connectivity index (χ4n) is 2.68. The minimum absolute atomic E-state index is 0.211. The highest BCUT2D eigenvalue weighted by Gasteiger charge is 2.13. The van der Waals surface area contributed by atoms with Gasteiger partial charge in [0.25, 0.3) is 5.56 Å². The predicted octanol–water partition coefficient (Wildman–Crippen LogP) is 3.65. The maximum atomic E-state index is 12.9. The van der Waals surface area contributed by atoms with Gasteiger partial charge >= 0.3 is 0 Å². The number of hydrogen-bond donors (Lipinski definition) is 0. The van der Waals surface area contributed by atoms with Crippen LogP contribution in [0.4, 0.5) is 0 Å². The van der Waals surface area contributed by atoms with Gasteiger partial charge in [0.05, 0.1) is 15.8 Å². The third-order valence-corrected chi connectivity index (χ3v) is 4.93. The third-order valence-electron chi connectivity index (χ3n) is 4.09. The molecule has 4 rings (SSSR count). The van der Waals surface area contributed by atoms with E-state index in [0.717, 1.165) is 10.3 Å². The highest BCUT2D eigenvalue weighted by molar-refractivity contribution is 7.80. The Morgan fingerprint density at radius 2 is 1.48 bits per heavy atom. The molecule has 1 aromatic heterocycles. The van der Waals surface area contributed by atoms with Crippen molar-refractivity contribution in [1.29, 1.82) is 0 Å². The van der Waals surface area contributed by atoms with Crippen molar-refractivity contribution < 1.29 is 13.5 Å². The zero-order valence-electron chi connectivity index (χ0n) is 15.2. The van der Waals surface area contributed by atoms with Gasteiger partial charge in [0.2, 0.25) is 11.1 Å². The van der Waals surface area contributed by atoms with Crippen LogP contribution in [0.15, 0.2) is 94.6 Å². The zero-order valence-corrected chi connectivity index (χ0v) is 16.0. The fourth-order valence-corrected chi connectivity index (χ4v) is 3.25. The second-order valence-electron chi connectivity index (χ2n) is 6.02. The topological polar surface area (TPSA) is 70.4 Å². The summed E-state index contributed by atoms with van der Waals surface area (Å²) in [6.45, 7) is 0. The van der Waals surface area contributed by atoms with Crippen LogP contribution < -0.4 is 10.5 Å². The zero-order chi connectivity index (χ0) is 20.1. The summed E-state index contributed by atoms with van der Waals surface area (Å²) in [5, 5.41) is 0.360. The molecule has 0 amide bonds. The van der Waals surface area contributed by atoms with Crippen LogP contribution in [0.1, 0.15) is 11.4 Å². The van der Waals surface area contributed by atoms with Crippen LogP contribution in [-0.2, 0) is 15.4 Å². The Kier molecular flexibility index (Phi) is 5.60. The van der Waals surface area contributed by atoms with Crippen molar-refractivity contribution in [3.8, 4) is 0 Å². The number of benzene rings is 3. The summed E-state index contributed by atoms with van der Waals surface area (Å²) in [6, 6.07) is 25.0. The van der Waals surface area contributed by atoms with E-state index >= 15 is 0 Å². The Balaban J connectivity index is 1.70. The second kappa shape index (κ2) is 8.64. The first-order valence-electron chi connectivity index (χ1n) is 8.79. The number of para-hydroxylation sites is 1. The summed E-state index contributed by atoms with van der Waals surface area (Å²) in [4.78, 5) is 23.0. The van der Waals surface area contributed by atoms with Crippen molar-refractivity contribution in [3.63, 3.8) is 0 Å². The maximum Gasteiger partial charge on any atom is 0.297 e. The molecule has 144 valence electrons. The van der Waals surface area contributed by atoms with Crippen molar-refractivity contribution >= 4 is 34.1 Å². The van der Waals surface area contributed by atoms with E-state index in [-0.39, 0.29) is 5.82 Å². The molecule has 1 atom stereocenters. The molecule has 0 aliphatic rings.